The first-order valence-electron chi connectivity index (χ1n) is 10.6. The van der Waals surface area contributed by atoms with Crippen LogP contribution in [-0.4, -0.2) is 37.0 Å². The Morgan fingerprint density at radius 1 is 0.971 bits per heavy atom. The number of benzene rings is 3. The largest absolute Gasteiger partial charge is 0.508 e. The zero-order chi connectivity index (χ0) is 25.3. The maximum Gasteiger partial charge on any atom is 0.355 e. The average Bonchev–Trinajstić information content (AvgIpc) is 2.88. The Morgan fingerprint density at radius 2 is 1.60 bits per heavy atom. The summed E-state index contributed by atoms with van der Waals surface area (Å²) in [5.41, 5.74) is 7.35. The van der Waals surface area contributed by atoms with Crippen LogP contribution in [0.5, 0.6) is 17.2 Å². The van der Waals surface area contributed by atoms with E-state index in [2.05, 4.69) is 0 Å². The van der Waals surface area contributed by atoms with Crippen molar-refractivity contribution in [1.29, 1.82) is 0 Å². The van der Waals surface area contributed by atoms with Crippen molar-refractivity contribution in [3.63, 3.8) is 0 Å². The fraction of sp³-hybridized carbons (Fsp3) is 0.154. The molecule has 0 unspecified atom stereocenters. The molecule has 3 aromatic carbocycles. The van der Waals surface area contributed by atoms with Crippen molar-refractivity contribution in [1.82, 2.24) is 4.57 Å². The predicted molar refractivity (Wildman–Crippen MR) is 134 cm³/mol. The molecule has 1 aromatic heterocycles. The fourth-order valence-corrected chi connectivity index (χ4v) is 4.28. The van der Waals surface area contributed by atoms with Crippen molar-refractivity contribution >= 4 is 28.3 Å². The Labute approximate surface area is 206 Å². The maximum absolute atomic E-state index is 13.7. The van der Waals surface area contributed by atoms with E-state index in [0.29, 0.717) is 40.2 Å². The van der Waals surface area contributed by atoms with Gasteiger partial charge >= 0.3 is 5.97 Å². The van der Waals surface area contributed by atoms with Gasteiger partial charge in [-0.25, -0.2) is 4.79 Å². The number of fused-ring (bicyclic) bond motifs is 1. The number of rotatable bonds is 6. The second-order valence-corrected chi connectivity index (χ2v) is 8.03. The molecule has 4 aromatic rings. The number of methoxy groups -OCH3 is 3. The first kappa shape index (κ1) is 24.1. The van der Waals surface area contributed by atoms with Crippen molar-refractivity contribution in [2.24, 2.45) is 5.73 Å². The van der Waals surface area contributed by atoms with Crippen molar-refractivity contribution in [2.75, 3.05) is 21.3 Å². The summed E-state index contributed by atoms with van der Waals surface area (Å²) in [6.45, 7) is 0.320. The number of aromatic hydroxyl groups is 1. The zero-order valence-electron chi connectivity index (χ0n) is 19.3. The third-order valence-electron chi connectivity index (χ3n) is 5.71. The smallest absolute Gasteiger partial charge is 0.355 e. The SMILES string of the molecule is COC(=O)c1c(-c2cc(OC)c(Cl)c(OC)c2)c2ccc(O)cc2c(=O)n1-c1ccc(CN)cc1. The Morgan fingerprint density at radius 3 is 2.14 bits per heavy atom. The predicted octanol–water partition coefficient (Wildman–Crippen LogP) is 4.28. The van der Waals surface area contributed by atoms with Crippen molar-refractivity contribution < 1.29 is 24.1 Å². The molecular formula is C26H23ClN2O6. The van der Waals surface area contributed by atoms with Crippen LogP contribution in [0, 0.1) is 0 Å². The Bertz CT molecular complexity index is 1470. The molecule has 0 spiro atoms. The van der Waals surface area contributed by atoms with E-state index in [1.165, 1.54) is 38.0 Å². The number of carbonyl (C=O) groups excluding carboxylic acids is 1. The second kappa shape index (κ2) is 9.69. The second-order valence-electron chi connectivity index (χ2n) is 7.65. The molecule has 8 nitrogen and oxygen atoms in total. The summed E-state index contributed by atoms with van der Waals surface area (Å²) >= 11 is 6.38. The molecule has 0 amide bonds. The van der Waals surface area contributed by atoms with Crippen molar-refractivity contribution in [3.05, 3.63) is 81.2 Å². The van der Waals surface area contributed by atoms with Gasteiger partial charge in [0.15, 0.2) is 0 Å². The Hall–Kier alpha value is -4.01. The number of phenols is 1. The van der Waals surface area contributed by atoms with Gasteiger partial charge in [-0.15, -0.1) is 0 Å². The number of esters is 1. The summed E-state index contributed by atoms with van der Waals surface area (Å²) in [6.07, 6.45) is 0. The van der Waals surface area contributed by atoms with E-state index in [-0.39, 0.29) is 21.9 Å². The normalized spacial score (nSPS) is 10.9. The van der Waals surface area contributed by atoms with E-state index < -0.39 is 11.5 Å². The quantitative estimate of drug-likeness (QED) is 0.384. The van der Waals surface area contributed by atoms with Crippen LogP contribution in [0.3, 0.4) is 0 Å². The third-order valence-corrected chi connectivity index (χ3v) is 6.08. The van der Waals surface area contributed by atoms with Gasteiger partial charge in [0, 0.05) is 17.8 Å². The molecule has 0 atom stereocenters. The lowest BCUT2D eigenvalue weighted by Gasteiger charge is -2.20. The van der Waals surface area contributed by atoms with Gasteiger partial charge in [-0.1, -0.05) is 23.7 Å². The first-order valence-corrected chi connectivity index (χ1v) is 10.9. The van der Waals surface area contributed by atoms with Gasteiger partial charge in [-0.3, -0.25) is 9.36 Å². The minimum absolute atomic E-state index is 0.0115. The average molecular weight is 495 g/mol. The number of ether oxygens (including phenoxy) is 3. The first-order chi connectivity index (χ1) is 16.8. The lowest BCUT2D eigenvalue weighted by Crippen LogP contribution is -2.27. The number of hydrogen-bond acceptors (Lipinski definition) is 7. The van der Waals surface area contributed by atoms with E-state index in [9.17, 15) is 14.7 Å². The molecule has 1 heterocycles. The van der Waals surface area contributed by atoms with E-state index in [1.807, 2.05) is 0 Å². The summed E-state index contributed by atoms with van der Waals surface area (Å²) < 4.78 is 17.2. The fourth-order valence-electron chi connectivity index (χ4n) is 4.01. The summed E-state index contributed by atoms with van der Waals surface area (Å²) in [6, 6.07) is 14.6. The molecule has 4 rings (SSSR count). The van der Waals surface area contributed by atoms with E-state index in [0.717, 1.165) is 5.56 Å². The van der Waals surface area contributed by atoms with Gasteiger partial charge in [-0.2, -0.15) is 0 Å². The number of halogens is 1. The molecule has 0 aliphatic rings. The Balaban J connectivity index is 2.23. The van der Waals surface area contributed by atoms with Crippen LogP contribution in [-0.2, 0) is 11.3 Å². The van der Waals surface area contributed by atoms with Crippen LogP contribution >= 0.6 is 11.6 Å². The molecule has 0 aliphatic heterocycles. The number of phenolic OH excluding ortho intramolecular Hbond substituents is 1. The lowest BCUT2D eigenvalue weighted by molar-refractivity contribution is 0.0591. The van der Waals surface area contributed by atoms with Crippen molar-refractivity contribution in [3.8, 4) is 34.1 Å². The number of hydrogen-bond donors (Lipinski definition) is 2. The number of nitrogens with zero attached hydrogens (tertiary/aromatic N) is 1. The monoisotopic (exact) mass is 494 g/mol. The highest BCUT2D eigenvalue weighted by Crippen LogP contribution is 2.42. The Kier molecular flexibility index (Phi) is 6.68. The number of carbonyl (C=O) groups is 1. The number of pyridine rings is 1. The van der Waals surface area contributed by atoms with Gasteiger partial charge in [-0.05, 0) is 59.0 Å². The van der Waals surface area contributed by atoms with Crippen LogP contribution in [0.1, 0.15) is 16.1 Å². The van der Waals surface area contributed by atoms with E-state index >= 15 is 0 Å². The minimum Gasteiger partial charge on any atom is -0.508 e. The molecule has 0 radical (unpaired) electrons. The molecule has 0 saturated carbocycles. The van der Waals surface area contributed by atoms with Crippen LogP contribution in [0.15, 0.2) is 59.4 Å². The van der Waals surface area contributed by atoms with Crippen LogP contribution in [0.4, 0.5) is 0 Å². The third kappa shape index (κ3) is 4.18. The molecule has 0 saturated heterocycles. The van der Waals surface area contributed by atoms with Gasteiger partial charge in [0.2, 0.25) is 0 Å². The van der Waals surface area contributed by atoms with Crippen LogP contribution in [0.25, 0.3) is 27.6 Å². The van der Waals surface area contributed by atoms with Crippen LogP contribution < -0.4 is 20.8 Å². The van der Waals surface area contributed by atoms with Gasteiger partial charge in [0.25, 0.3) is 5.56 Å². The molecule has 180 valence electrons. The summed E-state index contributed by atoms with van der Waals surface area (Å²) in [7, 11) is 4.16. The van der Waals surface area contributed by atoms with Gasteiger partial charge < -0.3 is 25.1 Å². The molecule has 0 bridgehead atoms. The zero-order valence-corrected chi connectivity index (χ0v) is 20.1. The highest BCUT2D eigenvalue weighted by atomic mass is 35.5. The maximum atomic E-state index is 13.7. The van der Waals surface area contributed by atoms with E-state index in [1.54, 1.807) is 42.5 Å². The highest BCUT2D eigenvalue weighted by molar-refractivity contribution is 6.33. The lowest BCUT2D eigenvalue weighted by atomic mass is 9.95. The molecule has 0 fully saturated rings. The van der Waals surface area contributed by atoms with Gasteiger partial charge in [0.05, 0.1) is 26.7 Å². The van der Waals surface area contributed by atoms with Gasteiger partial charge in [0.1, 0.15) is 28.0 Å². The molecule has 9 heteroatoms. The minimum atomic E-state index is -0.733. The molecular weight excluding hydrogens is 472 g/mol. The van der Waals surface area contributed by atoms with E-state index in [4.69, 9.17) is 31.5 Å². The molecule has 0 aliphatic carbocycles. The topological polar surface area (TPSA) is 113 Å². The standard InChI is InChI=1S/C26H23ClN2O6/c1-33-20-10-15(11-21(34-2)23(20)27)22-18-9-8-17(30)12-19(18)25(31)29(24(22)26(32)35-3)16-6-4-14(13-28)5-7-16/h4-12,30H,13,28H2,1-3H3. The number of aromatic nitrogens is 1. The van der Waals surface area contributed by atoms with Crippen molar-refractivity contribution in [2.45, 2.75) is 6.54 Å². The number of nitrogens with two attached hydrogens (primary N) is 1. The summed E-state index contributed by atoms with van der Waals surface area (Å²) in [5.74, 6) is -0.201. The van der Waals surface area contributed by atoms with Crippen LogP contribution in [0.2, 0.25) is 5.02 Å². The highest BCUT2D eigenvalue weighted by Gasteiger charge is 2.26. The summed E-state index contributed by atoms with van der Waals surface area (Å²) in [4.78, 5) is 26.9. The summed E-state index contributed by atoms with van der Waals surface area (Å²) in [5, 5.41) is 11.0. The molecule has 35 heavy (non-hydrogen) atoms. The molecule has 3 N–H and O–H groups in total.